The van der Waals surface area contributed by atoms with Crippen LogP contribution in [-0.4, -0.2) is 16.5 Å². The first kappa shape index (κ1) is 11.9. The molecule has 0 atom stereocenters. The van der Waals surface area contributed by atoms with Gasteiger partial charge in [0.25, 0.3) is 0 Å². The first-order valence-electron chi connectivity index (χ1n) is 6.47. The second kappa shape index (κ2) is 5.24. The lowest BCUT2D eigenvalue weighted by atomic mass is 10.0. The van der Waals surface area contributed by atoms with Crippen LogP contribution in [0.25, 0.3) is 0 Å². The number of fused-ring (bicyclic) bond motifs is 1. The molecular weight excluding hydrogens is 238 g/mol. The van der Waals surface area contributed by atoms with Crippen molar-refractivity contribution in [1.82, 2.24) is 9.97 Å². The summed E-state index contributed by atoms with van der Waals surface area (Å²) in [6.45, 7) is 1.85. The molecule has 3 N–H and O–H groups in total. The van der Waals surface area contributed by atoms with Gasteiger partial charge in [0.2, 0.25) is 0 Å². The van der Waals surface area contributed by atoms with Crippen molar-refractivity contribution in [1.29, 1.82) is 0 Å². The Kier molecular flexibility index (Phi) is 3.29. The number of nitrogens with one attached hydrogen (secondary N) is 1. The van der Waals surface area contributed by atoms with Crippen LogP contribution in [0.15, 0.2) is 36.7 Å². The number of hydrogen-bond acceptors (Lipinski definition) is 5. The number of anilines is 2. The van der Waals surface area contributed by atoms with E-state index < -0.39 is 0 Å². The first-order valence-corrected chi connectivity index (χ1v) is 6.47. The molecule has 0 saturated heterocycles. The molecule has 2 heterocycles. The standard InChI is InChI=1S/C14H17N5/c15-18-14-9-16-12(8-17-14)10-19-7-3-5-11-4-1-2-6-13(11)19/h1-2,4,6,8-9H,3,5,7,10,15H2,(H,17,18). The predicted molar refractivity (Wildman–Crippen MR) is 75.7 cm³/mol. The fourth-order valence-corrected chi connectivity index (χ4v) is 2.48. The SMILES string of the molecule is NNc1cnc(CN2CCCc3ccccc32)cn1. The number of benzene rings is 1. The Balaban J connectivity index is 1.80. The van der Waals surface area contributed by atoms with E-state index in [1.54, 1.807) is 12.4 Å². The van der Waals surface area contributed by atoms with Crippen LogP contribution in [-0.2, 0) is 13.0 Å². The van der Waals surface area contributed by atoms with Gasteiger partial charge in [-0.3, -0.25) is 4.98 Å². The second-order valence-corrected chi connectivity index (χ2v) is 4.69. The monoisotopic (exact) mass is 255 g/mol. The van der Waals surface area contributed by atoms with E-state index in [4.69, 9.17) is 5.84 Å². The van der Waals surface area contributed by atoms with E-state index >= 15 is 0 Å². The highest BCUT2D eigenvalue weighted by molar-refractivity contribution is 5.55. The number of hydrazine groups is 1. The normalized spacial score (nSPS) is 14.1. The van der Waals surface area contributed by atoms with Crippen molar-refractivity contribution in [3.63, 3.8) is 0 Å². The quantitative estimate of drug-likeness (QED) is 0.645. The van der Waals surface area contributed by atoms with Crippen molar-refractivity contribution < 1.29 is 0 Å². The molecule has 1 aliphatic heterocycles. The third kappa shape index (κ3) is 2.51. The van der Waals surface area contributed by atoms with Crippen molar-refractivity contribution >= 4 is 11.5 Å². The Morgan fingerprint density at radius 3 is 2.89 bits per heavy atom. The van der Waals surface area contributed by atoms with E-state index in [1.165, 1.54) is 17.7 Å². The fraction of sp³-hybridized carbons (Fsp3) is 0.286. The molecule has 0 saturated carbocycles. The van der Waals surface area contributed by atoms with Crippen LogP contribution in [0.5, 0.6) is 0 Å². The molecule has 0 spiro atoms. The van der Waals surface area contributed by atoms with E-state index in [9.17, 15) is 0 Å². The van der Waals surface area contributed by atoms with Gasteiger partial charge in [0.05, 0.1) is 24.6 Å². The molecule has 5 heteroatoms. The lowest BCUT2D eigenvalue weighted by Crippen LogP contribution is -2.29. The number of hydrogen-bond donors (Lipinski definition) is 2. The van der Waals surface area contributed by atoms with Crippen molar-refractivity contribution in [2.24, 2.45) is 5.84 Å². The minimum atomic E-state index is 0.586. The number of aromatic nitrogens is 2. The fourth-order valence-electron chi connectivity index (χ4n) is 2.48. The smallest absolute Gasteiger partial charge is 0.158 e. The molecular formula is C14H17N5. The van der Waals surface area contributed by atoms with Gasteiger partial charge in [-0.05, 0) is 24.5 Å². The summed E-state index contributed by atoms with van der Waals surface area (Å²) in [5.74, 6) is 5.87. The molecule has 1 aliphatic rings. The van der Waals surface area contributed by atoms with Gasteiger partial charge in [0.15, 0.2) is 5.82 Å². The number of nitrogens with two attached hydrogens (primary N) is 1. The molecule has 98 valence electrons. The van der Waals surface area contributed by atoms with Crippen LogP contribution in [0.2, 0.25) is 0 Å². The highest BCUT2D eigenvalue weighted by Gasteiger charge is 2.16. The van der Waals surface area contributed by atoms with Gasteiger partial charge in [-0.15, -0.1) is 0 Å². The van der Waals surface area contributed by atoms with Crippen LogP contribution in [0.4, 0.5) is 11.5 Å². The Bertz CT molecular complexity index is 552. The molecule has 19 heavy (non-hydrogen) atoms. The minimum absolute atomic E-state index is 0.586. The number of aryl methyl sites for hydroxylation is 1. The summed E-state index contributed by atoms with van der Waals surface area (Å²) >= 11 is 0. The van der Waals surface area contributed by atoms with E-state index in [0.29, 0.717) is 5.82 Å². The van der Waals surface area contributed by atoms with Crippen LogP contribution in [0, 0.1) is 0 Å². The molecule has 0 bridgehead atoms. The van der Waals surface area contributed by atoms with Gasteiger partial charge in [-0.2, -0.15) is 0 Å². The molecule has 0 aliphatic carbocycles. The van der Waals surface area contributed by atoms with Crippen LogP contribution in [0.1, 0.15) is 17.7 Å². The lowest BCUT2D eigenvalue weighted by Gasteiger charge is -2.30. The highest BCUT2D eigenvalue weighted by atomic mass is 15.3. The Morgan fingerprint density at radius 1 is 1.21 bits per heavy atom. The lowest BCUT2D eigenvalue weighted by molar-refractivity contribution is 0.682. The third-order valence-corrected chi connectivity index (χ3v) is 3.41. The summed E-state index contributed by atoms with van der Waals surface area (Å²) in [5.41, 5.74) is 6.18. The summed E-state index contributed by atoms with van der Waals surface area (Å²) in [4.78, 5) is 10.9. The topological polar surface area (TPSA) is 67.1 Å². The molecule has 1 aromatic heterocycles. The minimum Gasteiger partial charge on any atom is -0.365 e. The number of rotatable bonds is 3. The molecule has 5 nitrogen and oxygen atoms in total. The molecule has 0 unspecified atom stereocenters. The van der Waals surface area contributed by atoms with Crippen LogP contribution >= 0.6 is 0 Å². The average Bonchev–Trinajstić information content (AvgIpc) is 2.48. The first-order chi connectivity index (χ1) is 9.36. The van der Waals surface area contributed by atoms with Gasteiger partial charge in [0, 0.05) is 12.2 Å². The Morgan fingerprint density at radius 2 is 2.11 bits per heavy atom. The maximum absolute atomic E-state index is 5.28. The van der Waals surface area contributed by atoms with Crippen LogP contribution in [0.3, 0.4) is 0 Å². The van der Waals surface area contributed by atoms with E-state index in [-0.39, 0.29) is 0 Å². The average molecular weight is 255 g/mol. The summed E-state index contributed by atoms with van der Waals surface area (Å²) in [6.07, 6.45) is 5.78. The molecule has 2 aromatic rings. The predicted octanol–water partition coefficient (Wildman–Crippen LogP) is 1.72. The number of nitrogens with zero attached hydrogens (tertiary/aromatic N) is 3. The highest BCUT2D eigenvalue weighted by Crippen LogP contribution is 2.27. The van der Waals surface area contributed by atoms with E-state index in [1.807, 2.05) is 0 Å². The molecule has 1 aromatic carbocycles. The number of nitrogen functional groups attached to an aromatic ring is 1. The maximum atomic E-state index is 5.28. The largest absolute Gasteiger partial charge is 0.365 e. The summed E-state index contributed by atoms with van der Waals surface area (Å²) in [6, 6.07) is 8.57. The van der Waals surface area contributed by atoms with Crippen molar-refractivity contribution in [2.45, 2.75) is 19.4 Å². The van der Waals surface area contributed by atoms with Gasteiger partial charge in [-0.25, -0.2) is 10.8 Å². The Labute approximate surface area is 112 Å². The molecule has 0 radical (unpaired) electrons. The van der Waals surface area contributed by atoms with Gasteiger partial charge >= 0.3 is 0 Å². The zero-order valence-electron chi connectivity index (χ0n) is 10.7. The molecule has 0 amide bonds. The van der Waals surface area contributed by atoms with Crippen molar-refractivity contribution in [2.75, 3.05) is 16.9 Å². The van der Waals surface area contributed by atoms with Crippen molar-refractivity contribution in [3.8, 4) is 0 Å². The molecule has 3 rings (SSSR count). The third-order valence-electron chi connectivity index (χ3n) is 3.41. The van der Waals surface area contributed by atoms with Gasteiger partial charge in [-0.1, -0.05) is 18.2 Å². The zero-order chi connectivity index (χ0) is 13.1. The Hall–Kier alpha value is -2.14. The summed E-state index contributed by atoms with van der Waals surface area (Å²) < 4.78 is 0. The number of para-hydroxylation sites is 1. The maximum Gasteiger partial charge on any atom is 0.158 e. The second-order valence-electron chi connectivity index (χ2n) is 4.69. The summed E-state index contributed by atoms with van der Waals surface area (Å²) in [7, 11) is 0. The zero-order valence-corrected chi connectivity index (χ0v) is 10.7. The van der Waals surface area contributed by atoms with Gasteiger partial charge in [0.1, 0.15) is 0 Å². The van der Waals surface area contributed by atoms with E-state index in [2.05, 4.69) is 44.6 Å². The van der Waals surface area contributed by atoms with Gasteiger partial charge < -0.3 is 10.3 Å². The van der Waals surface area contributed by atoms with Crippen molar-refractivity contribution in [3.05, 3.63) is 47.9 Å². The van der Waals surface area contributed by atoms with E-state index in [0.717, 1.165) is 25.2 Å². The molecule has 0 fully saturated rings. The summed E-state index contributed by atoms with van der Waals surface area (Å²) in [5, 5.41) is 0. The van der Waals surface area contributed by atoms with Crippen LogP contribution < -0.4 is 16.2 Å².